The smallest absolute Gasteiger partial charge is 0.241 e. The van der Waals surface area contributed by atoms with Crippen LogP contribution in [-0.2, 0) is 9.59 Å². The molecular weight excluding hydrogens is 280 g/mol. The molecule has 0 aliphatic heterocycles. The lowest BCUT2D eigenvalue weighted by Crippen LogP contribution is -2.40. The second-order valence-corrected chi connectivity index (χ2v) is 6.10. The molecule has 6 N–H and O–H groups in total. The molecule has 2 amide bonds. The van der Waals surface area contributed by atoms with E-state index in [1.807, 2.05) is 27.7 Å². The molecule has 1 rings (SSSR count). The Bertz CT molecular complexity index is 464. The van der Waals surface area contributed by atoms with E-state index >= 15 is 0 Å². The quantitative estimate of drug-likeness (QED) is 0.638. The highest BCUT2D eigenvalue weighted by atomic mass is 16.2. The fourth-order valence-corrected chi connectivity index (χ4v) is 1.69. The Morgan fingerprint density at radius 1 is 0.773 bits per heavy atom. The third-order valence-corrected chi connectivity index (χ3v) is 3.46. The van der Waals surface area contributed by atoms with Crippen LogP contribution in [0.3, 0.4) is 0 Å². The molecule has 0 saturated heterocycles. The summed E-state index contributed by atoms with van der Waals surface area (Å²) in [4.78, 5) is 23.7. The van der Waals surface area contributed by atoms with Crippen molar-refractivity contribution in [2.24, 2.45) is 23.3 Å². The average molecular weight is 306 g/mol. The number of nitrogens with one attached hydrogen (secondary N) is 2. The molecule has 0 unspecified atom stereocenters. The van der Waals surface area contributed by atoms with Gasteiger partial charge in [-0.15, -0.1) is 0 Å². The van der Waals surface area contributed by atoms with Gasteiger partial charge in [0.15, 0.2) is 0 Å². The minimum absolute atomic E-state index is 0.0658. The van der Waals surface area contributed by atoms with Crippen molar-refractivity contribution < 1.29 is 9.59 Å². The lowest BCUT2D eigenvalue weighted by Gasteiger charge is -2.16. The first-order valence-electron chi connectivity index (χ1n) is 7.45. The van der Waals surface area contributed by atoms with E-state index in [4.69, 9.17) is 11.5 Å². The second kappa shape index (κ2) is 7.91. The highest BCUT2D eigenvalue weighted by Crippen LogP contribution is 2.15. The maximum atomic E-state index is 11.9. The van der Waals surface area contributed by atoms with Crippen molar-refractivity contribution in [1.82, 2.24) is 0 Å². The molecule has 0 radical (unpaired) electrons. The molecule has 0 aromatic heterocycles. The van der Waals surface area contributed by atoms with Crippen LogP contribution in [0.25, 0.3) is 0 Å². The number of hydrogen-bond acceptors (Lipinski definition) is 4. The van der Waals surface area contributed by atoms with Gasteiger partial charge in [-0.25, -0.2) is 0 Å². The van der Waals surface area contributed by atoms with Crippen LogP contribution in [0.15, 0.2) is 24.3 Å². The number of hydrogen-bond donors (Lipinski definition) is 4. The van der Waals surface area contributed by atoms with Crippen LogP contribution >= 0.6 is 0 Å². The van der Waals surface area contributed by atoms with Crippen molar-refractivity contribution in [1.29, 1.82) is 0 Å². The Hall–Kier alpha value is -1.92. The Kier molecular flexibility index (Phi) is 6.52. The van der Waals surface area contributed by atoms with Gasteiger partial charge in [0, 0.05) is 11.4 Å². The number of carbonyl (C=O) groups is 2. The Morgan fingerprint density at radius 3 is 1.27 bits per heavy atom. The topological polar surface area (TPSA) is 110 Å². The lowest BCUT2D eigenvalue weighted by atomic mass is 10.0. The minimum Gasteiger partial charge on any atom is -0.325 e. The van der Waals surface area contributed by atoms with Crippen molar-refractivity contribution >= 4 is 23.2 Å². The Balaban J connectivity index is 2.64. The molecule has 0 aliphatic rings. The molecule has 122 valence electrons. The normalized spacial score (nSPS) is 13.8. The number of benzene rings is 1. The average Bonchev–Trinajstić information content (AvgIpc) is 2.47. The minimum atomic E-state index is -0.552. The largest absolute Gasteiger partial charge is 0.325 e. The molecule has 0 bridgehead atoms. The maximum Gasteiger partial charge on any atom is 0.241 e. The molecule has 1 aromatic rings. The molecule has 2 atom stereocenters. The summed E-state index contributed by atoms with van der Waals surface area (Å²) < 4.78 is 0. The molecule has 0 aliphatic carbocycles. The van der Waals surface area contributed by atoms with E-state index in [0.29, 0.717) is 11.4 Å². The Labute approximate surface area is 131 Å². The molecule has 0 heterocycles. The van der Waals surface area contributed by atoms with Gasteiger partial charge in [0.05, 0.1) is 12.1 Å². The third kappa shape index (κ3) is 5.13. The zero-order valence-electron chi connectivity index (χ0n) is 13.6. The van der Waals surface area contributed by atoms with E-state index in [-0.39, 0.29) is 23.7 Å². The molecule has 22 heavy (non-hydrogen) atoms. The summed E-state index contributed by atoms with van der Waals surface area (Å²) in [6.45, 7) is 7.56. The first-order chi connectivity index (χ1) is 10.2. The summed E-state index contributed by atoms with van der Waals surface area (Å²) in [6, 6.07) is 5.73. The van der Waals surface area contributed by atoms with Gasteiger partial charge >= 0.3 is 0 Å². The highest BCUT2D eigenvalue weighted by Gasteiger charge is 2.18. The van der Waals surface area contributed by atoms with Crippen LogP contribution in [0.1, 0.15) is 27.7 Å². The van der Waals surface area contributed by atoms with Crippen molar-refractivity contribution in [3.63, 3.8) is 0 Å². The zero-order valence-corrected chi connectivity index (χ0v) is 13.6. The molecule has 6 heteroatoms. The number of carbonyl (C=O) groups excluding carboxylic acids is 2. The standard InChI is InChI=1S/C16H26N4O2/c1-9(2)13(17)15(21)19-11-5-7-12(8-6-11)20-16(22)14(18)10(3)4/h5-10,13-14H,17-18H2,1-4H3,(H,19,21)(H,20,22)/t13-,14-/m0/s1. The highest BCUT2D eigenvalue weighted by molar-refractivity contribution is 5.96. The first-order valence-corrected chi connectivity index (χ1v) is 7.45. The summed E-state index contributed by atoms with van der Waals surface area (Å²) in [5, 5.41) is 5.49. The second-order valence-electron chi connectivity index (χ2n) is 6.10. The number of anilines is 2. The van der Waals surface area contributed by atoms with Gasteiger partial charge in [0.2, 0.25) is 11.8 Å². The summed E-state index contributed by atoms with van der Waals surface area (Å²) >= 11 is 0. The van der Waals surface area contributed by atoms with Gasteiger partial charge in [-0.3, -0.25) is 9.59 Å². The maximum absolute atomic E-state index is 11.9. The molecular formula is C16H26N4O2. The molecule has 0 spiro atoms. The van der Waals surface area contributed by atoms with E-state index in [9.17, 15) is 9.59 Å². The van der Waals surface area contributed by atoms with Crippen LogP contribution < -0.4 is 22.1 Å². The fourth-order valence-electron chi connectivity index (χ4n) is 1.69. The predicted octanol–water partition coefficient (Wildman–Crippen LogP) is 1.53. The summed E-state index contributed by atoms with van der Waals surface area (Å²) in [5.41, 5.74) is 12.8. The van der Waals surface area contributed by atoms with Gasteiger partial charge in [-0.05, 0) is 36.1 Å². The van der Waals surface area contributed by atoms with Crippen LogP contribution in [0, 0.1) is 11.8 Å². The number of amides is 2. The lowest BCUT2D eigenvalue weighted by molar-refractivity contribution is -0.119. The molecule has 1 aromatic carbocycles. The van der Waals surface area contributed by atoms with Gasteiger partial charge in [0.1, 0.15) is 0 Å². The fraction of sp³-hybridized carbons (Fsp3) is 0.500. The van der Waals surface area contributed by atoms with E-state index < -0.39 is 12.1 Å². The molecule has 6 nitrogen and oxygen atoms in total. The molecule has 0 fully saturated rings. The predicted molar refractivity (Wildman–Crippen MR) is 89.3 cm³/mol. The van der Waals surface area contributed by atoms with Gasteiger partial charge in [0.25, 0.3) is 0 Å². The zero-order chi connectivity index (χ0) is 16.9. The van der Waals surface area contributed by atoms with Crippen LogP contribution in [0.4, 0.5) is 11.4 Å². The summed E-state index contributed by atoms with van der Waals surface area (Å²) in [7, 11) is 0. The van der Waals surface area contributed by atoms with Gasteiger partial charge in [-0.2, -0.15) is 0 Å². The third-order valence-electron chi connectivity index (χ3n) is 3.46. The van der Waals surface area contributed by atoms with Crippen LogP contribution in [0.2, 0.25) is 0 Å². The molecule has 0 saturated carbocycles. The van der Waals surface area contributed by atoms with E-state index in [0.717, 1.165) is 0 Å². The number of rotatable bonds is 6. The van der Waals surface area contributed by atoms with Crippen molar-refractivity contribution in [3.8, 4) is 0 Å². The van der Waals surface area contributed by atoms with Crippen molar-refractivity contribution in [2.45, 2.75) is 39.8 Å². The Morgan fingerprint density at radius 2 is 1.05 bits per heavy atom. The monoisotopic (exact) mass is 306 g/mol. The van der Waals surface area contributed by atoms with E-state index in [1.165, 1.54) is 0 Å². The van der Waals surface area contributed by atoms with E-state index in [2.05, 4.69) is 10.6 Å². The SMILES string of the molecule is CC(C)[C@H](N)C(=O)Nc1ccc(NC(=O)[C@@H](N)C(C)C)cc1. The first kappa shape index (κ1) is 18.1. The van der Waals surface area contributed by atoms with Crippen LogP contribution in [0.5, 0.6) is 0 Å². The van der Waals surface area contributed by atoms with Crippen LogP contribution in [-0.4, -0.2) is 23.9 Å². The van der Waals surface area contributed by atoms with Crippen molar-refractivity contribution in [2.75, 3.05) is 10.6 Å². The van der Waals surface area contributed by atoms with Crippen molar-refractivity contribution in [3.05, 3.63) is 24.3 Å². The summed E-state index contributed by atoms with van der Waals surface area (Å²) in [6.07, 6.45) is 0. The van der Waals surface area contributed by atoms with E-state index in [1.54, 1.807) is 24.3 Å². The summed E-state index contributed by atoms with van der Waals surface area (Å²) in [5.74, 6) is -0.325. The number of nitrogens with two attached hydrogens (primary N) is 2. The van der Waals surface area contributed by atoms with Gasteiger partial charge < -0.3 is 22.1 Å². The van der Waals surface area contributed by atoms with Gasteiger partial charge in [-0.1, -0.05) is 27.7 Å².